The summed E-state index contributed by atoms with van der Waals surface area (Å²) in [7, 11) is 0. The Hall–Kier alpha value is -3.27. The van der Waals surface area contributed by atoms with Gasteiger partial charge in [0.05, 0.1) is 5.56 Å². The number of ether oxygens (including phenoxy) is 2. The molecule has 1 aliphatic heterocycles. The van der Waals surface area contributed by atoms with Gasteiger partial charge < -0.3 is 13.9 Å². The first-order valence-corrected chi connectivity index (χ1v) is 8.41. The Bertz CT molecular complexity index is 993. The van der Waals surface area contributed by atoms with Crippen LogP contribution in [-0.2, 0) is 6.61 Å². The summed E-state index contributed by atoms with van der Waals surface area (Å²) in [5.74, 6) is 2.64. The number of hydrogen-bond donors (Lipinski definition) is 0. The fourth-order valence-corrected chi connectivity index (χ4v) is 2.77. The van der Waals surface area contributed by atoms with Gasteiger partial charge in [-0.25, -0.2) is 0 Å². The van der Waals surface area contributed by atoms with E-state index in [9.17, 15) is 4.79 Å². The highest BCUT2D eigenvalue weighted by Gasteiger charge is 2.28. The van der Waals surface area contributed by atoms with Crippen molar-refractivity contribution in [2.75, 3.05) is 0 Å². The third-order valence-electron chi connectivity index (χ3n) is 4.20. The molecule has 2 aromatic carbocycles. The van der Waals surface area contributed by atoms with Crippen LogP contribution in [0.4, 0.5) is 0 Å². The van der Waals surface area contributed by atoms with Crippen molar-refractivity contribution < 1.29 is 18.7 Å². The van der Waals surface area contributed by atoms with Crippen LogP contribution < -0.4 is 9.47 Å². The van der Waals surface area contributed by atoms with E-state index in [4.69, 9.17) is 13.9 Å². The largest absolute Gasteiger partial charge is 0.489 e. The van der Waals surface area contributed by atoms with E-state index >= 15 is 0 Å². The van der Waals surface area contributed by atoms with Crippen LogP contribution in [0.5, 0.6) is 11.5 Å². The molecule has 26 heavy (non-hydrogen) atoms. The second-order valence-electron chi connectivity index (χ2n) is 6.32. The fourth-order valence-electron chi connectivity index (χ4n) is 2.77. The van der Waals surface area contributed by atoms with Crippen molar-refractivity contribution in [2.24, 2.45) is 0 Å². The van der Waals surface area contributed by atoms with Gasteiger partial charge in [-0.3, -0.25) is 4.79 Å². The molecule has 130 valence electrons. The molecule has 0 spiro atoms. The van der Waals surface area contributed by atoms with Crippen LogP contribution in [-0.4, -0.2) is 5.78 Å². The SMILES string of the molecule is Cc1ccc(COc2ccc3c(c2)O/C(=C\c2ccc(C)o2)C3=O)cc1. The molecule has 4 nitrogen and oxygen atoms in total. The van der Waals surface area contributed by atoms with Crippen LogP contribution >= 0.6 is 0 Å². The first kappa shape index (κ1) is 16.2. The lowest BCUT2D eigenvalue weighted by molar-refractivity contribution is 0.101. The summed E-state index contributed by atoms with van der Waals surface area (Å²) in [6.07, 6.45) is 1.61. The number of fused-ring (bicyclic) bond motifs is 1. The third kappa shape index (κ3) is 3.26. The van der Waals surface area contributed by atoms with E-state index in [1.165, 1.54) is 5.56 Å². The molecule has 0 atom stereocenters. The first-order chi connectivity index (χ1) is 12.6. The van der Waals surface area contributed by atoms with Crippen LogP contribution in [0.25, 0.3) is 6.08 Å². The van der Waals surface area contributed by atoms with Crippen molar-refractivity contribution >= 4 is 11.9 Å². The lowest BCUT2D eigenvalue weighted by Gasteiger charge is -2.07. The minimum absolute atomic E-state index is 0.154. The highest BCUT2D eigenvalue weighted by Crippen LogP contribution is 2.35. The minimum Gasteiger partial charge on any atom is -0.489 e. The van der Waals surface area contributed by atoms with Gasteiger partial charge in [-0.2, -0.15) is 0 Å². The minimum atomic E-state index is -0.154. The zero-order valence-electron chi connectivity index (χ0n) is 14.6. The lowest BCUT2D eigenvalue weighted by atomic mass is 10.1. The molecule has 0 aliphatic carbocycles. The van der Waals surface area contributed by atoms with E-state index < -0.39 is 0 Å². The van der Waals surface area contributed by atoms with Crippen molar-refractivity contribution in [3.05, 3.63) is 88.6 Å². The molecule has 4 heteroatoms. The number of hydrogen-bond acceptors (Lipinski definition) is 4. The Labute approximate surface area is 151 Å². The predicted molar refractivity (Wildman–Crippen MR) is 98.3 cm³/mol. The number of furan rings is 1. The van der Waals surface area contributed by atoms with Crippen LogP contribution in [0, 0.1) is 13.8 Å². The van der Waals surface area contributed by atoms with Gasteiger partial charge in [0.2, 0.25) is 5.78 Å². The molecule has 3 aromatic rings. The van der Waals surface area contributed by atoms with Crippen molar-refractivity contribution in [1.29, 1.82) is 0 Å². The Balaban J connectivity index is 1.50. The number of carbonyl (C=O) groups excluding carboxylic acids is 1. The summed E-state index contributed by atoms with van der Waals surface area (Å²) in [6.45, 7) is 4.36. The van der Waals surface area contributed by atoms with E-state index in [0.717, 1.165) is 11.3 Å². The quantitative estimate of drug-likeness (QED) is 0.617. The van der Waals surface area contributed by atoms with Gasteiger partial charge in [-0.1, -0.05) is 29.8 Å². The molecule has 4 rings (SSSR count). The van der Waals surface area contributed by atoms with Gasteiger partial charge in [-0.05, 0) is 43.7 Å². The maximum Gasteiger partial charge on any atom is 0.232 e. The van der Waals surface area contributed by atoms with Crippen LogP contribution in [0.1, 0.15) is 33.0 Å². The molecule has 0 amide bonds. The van der Waals surface area contributed by atoms with E-state index in [2.05, 4.69) is 19.1 Å². The molecule has 0 saturated heterocycles. The normalized spacial score (nSPS) is 14.4. The molecule has 0 fully saturated rings. The first-order valence-electron chi connectivity index (χ1n) is 8.41. The van der Waals surface area contributed by atoms with Crippen molar-refractivity contribution in [3.8, 4) is 11.5 Å². The summed E-state index contributed by atoms with van der Waals surface area (Å²) < 4.78 is 17.0. The molecule has 0 unspecified atom stereocenters. The summed E-state index contributed by atoms with van der Waals surface area (Å²) >= 11 is 0. The van der Waals surface area contributed by atoms with Gasteiger partial charge >= 0.3 is 0 Å². The monoisotopic (exact) mass is 346 g/mol. The number of benzene rings is 2. The summed E-state index contributed by atoms with van der Waals surface area (Å²) in [5.41, 5.74) is 2.83. The Morgan fingerprint density at radius 2 is 1.81 bits per heavy atom. The number of ketones is 1. The summed E-state index contributed by atoms with van der Waals surface area (Å²) in [5, 5.41) is 0. The Kier molecular flexibility index (Phi) is 4.09. The number of carbonyl (C=O) groups is 1. The lowest BCUT2D eigenvalue weighted by Crippen LogP contribution is -1.97. The smallest absolute Gasteiger partial charge is 0.232 e. The molecular formula is C22H18O4. The maximum atomic E-state index is 12.5. The predicted octanol–water partition coefficient (Wildman–Crippen LogP) is 5.09. The van der Waals surface area contributed by atoms with Crippen molar-refractivity contribution in [2.45, 2.75) is 20.5 Å². The molecule has 0 saturated carbocycles. The highest BCUT2D eigenvalue weighted by molar-refractivity contribution is 6.14. The number of aryl methyl sites for hydroxylation is 2. The molecule has 0 radical (unpaired) electrons. The average molecular weight is 346 g/mol. The fraction of sp³-hybridized carbons (Fsp3) is 0.136. The Morgan fingerprint density at radius 1 is 1.00 bits per heavy atom. The molecule has 1 aromatic heterocycles. The van der Waals surface area contributed by atoms with E-state index in [1.54, 1.807) is 30.3 Å². The molecule has 0 N–H and O–H groups in total. The number of allylic oxidation sites excluding steroid dienone is 1. The van der Waals surface area contributed by atoms with Crippen molar-refractivity contribution in [1.82, 2.24) is 0 Å². The zero-order chi connectivity index (χ0) is 18.1. The summed E-state index contributed by atoms with van der Waals surface area (Å²) in [6, 6.07) is 17.1. The van der Waals surface area contributed by atoms with E-state index in [0.29, 0.717) is 29.4 Å². The average Bonchev–Trinajstić information content (AvgIpc) is 3.18. The topological polar surface area (TPSA) is 48.7 Å². The zero-order valence-corrected chi connectivity index (χ0v) is 14.6. The second-order valence-corrected chi connectivity index (χ2v) is 6.32. The van der Waals surface area contributed by atoms with Crippen molar-refractivity contribution in [3.63, 3.8) is 0 Å². The van der Waals surface area contributed by atoms with Crippen LogP contribution in [0.15, 0.2) is 64.8 Å². The van der Waals surface area contributed by atoms with Crippen LogP contribution in [0.2, 0.25) is 0 Å². The molecule has 2 heterocycles. The number of Topliss-reactive ketones (excluding diaryl/α,β-unsaturated/α-hetero) is 1. The van der Waals surface area contributed by atoms with Crippen LogP contribution in [0.3, 0.4) is 0 Å². The molecule has 1 aliphatic rings. The number of rotatable bonds is 4. The molecule has 0 bridgehead atoms. The Morgan fingerprint density at radius 3 is 2.54 bits per heavy atom. The van der Waals surface area contributed by atoms with Gasteiger partial charge in [0.15, 0.2) is 5.76 Å². The standard InChI is InChI=1S/C22H18O4/c1-14-3-6-16(7-4-14)13-24-17-9-10-19-20(11-17)26-21(22(19)23)12-18-8-5-15(2)25-18/h3-12H,13H2,1-2H3/b21-12-. The second kappa shape index (κ2) is 6.56. The third-order valence-corrected chi connectivity index (χ3v) is 4.20. The molecular weight excluding hydrogens is 328 g/mol. The maximum absolute atomic E-state index is 12.5. The van der Waals surface area contributed by atoms with Gasteiger partial charge in [0, 0.05) is 12.1 Å². The van der Waals surface area contributed by atoms with E-state index in [1.807, 2.05) is 25.1 Å². The van der Waals surface area contributed by atoms with Gasteiger partial charge in [-0.15, -0.1) is 0 Å². The summed E-state index contributed by atoms with van der Waals surface area (Å²) in [4.78, 5) is 12.5. The van der Waals surface area contributed by atoms with Gasteiger partial charge in [0.1, 0.15) is 29.6 Å². The van der Waals surface area contributed by atoms with Gasteiger partial charge in [0.25, 0.3) is 0 Å². The van der Waals surface area contributed by atoms with E-state index in [-0.39, 0.29) is 11.5 Å². The highest BCUT2D eigenvalue weighted by atomic mass is 16.5.